The largest absolute Gasteiger partial charge is 0.352 e. The van der Waals surface area contributed by atoms with Gasteiger partial charge in [0.1, 0.15) is 0 Å². The molecule has 0 saturated carbocycles. The monoisotopic (exact) mass is 328 g/mol. The summed E-state index contributed by atoms with van der Waals surface area (Å²) in [7, 11) is 0. The first kappa shape index (κ1) is 16.0. The van der Waals surface area contributed by atoms with Gasteiger partial charge < -0.3 is 5.32 Å². The molecule has 0 saturated heterocycles. The highest BCUT2D eigenvalue weighted by Gasteiger charge is 2.16. The van der Waals surface area contributed by atoms with E-state index < -0.39 is 0 Å². The molecule has 0 atom stereocenters. The summed E-state index contributed by atoms with van der Waals surface area (Å²) >= 11 is 6.09. The van der Waals surface area contributed by atoms with E-state index in [4.69, 9.17) is 11.6 Å². The van der Waals surface area contributed by atoms with Crippen LogP contribution >= 0.6 is 11.6 Å². The maximum Gasteiger partial charge on any atom is 0.221 e. The molecule has 0 aliphatic carbocycles. The average Bonchev–Trinajstić information content (AvgIpc) is 2.59. The molecule has 1 aliphatic heterocycles. The van der Waals surface area contributed by atoms with Gasteiger partial charge in [-0.25, -0.2) is 0 Å². The van der Waals surface area contributed by atoms with Crippen molar-refractivity contribution in [3.05, 3.63) is 70.2 Å². The molecule has 3 rings (SSSR count). The molecule has 1 heterocycles. The lowest BCUT2D eigenvalue weighted by Gasteiger charge is -2.28. The lowest BCUT2D eigenvalue weighted by Crippen LogP contribution is -2.34. The summed E-state index contributed by atoms with van der Waals surface area (Å²) in [5.41, 5.74) is 3.77. The van der Waals surface area contributed by atoms with Crippen LogP contribution in [-0.4, -0.2) is 23.9 Å². The second kappa shape index (κ2) is 7.62. The Morgan fingerprint density at radius 3 is 2.65 bits per heavy atom. The van der Waals surface area contributed by atoms with Crippen LogP contribution in [0.3, 0.4) is 0 Å². The molecule has 1 N–H and O–H groups in total. The topological polar surface area (TPSA) is 32.3 Å². The van der Waals surface area contributed by atoms with Crippen LogP contribution in [0.15, 0.2) is 48.5 Å². The molecule has 0 unspecified atom stereocenters. The van der Waals surface area contributed by atoms with Crippen LogP contribution in [0.2, 0.25) is 5.02 Å². The molecule has 2 aromatic rings. The molecule has 0 fully saturated rings. The van der Waals surface area contributed by atoms with Gasteiger partial charge in [-0.3, -0.25) is 9.69 Å². The van der Waals surface area contributed by atoms with Gasteiger partial charge in [0.05, 0.1) is 0 Å². The number of rotatable bonds is 5. The van der Waals surface area contributed by atoms with Crippen LogP contribution in [0.5, 0.6) is 0 Å². The highest BCUT2D eigenvalue weighted by molar-refractivity contribution is 6.31. The summed E-state index contributed by atoms with van der Waals surface area (Å²) in [4.78, 5) is 14.4. The maximum absolute atomic E-state index is 12.0. The Morgan fingerprint density at radius 2 is 1.83 bits per heavy atom. The summed E-state index contributed by atoms with van der Waals surface area (Å²) in [6, 6.07) is 16.1. The predicted molar refractivity (Wildman–Crippen MR) is 93.3 cm³/mol. The SMILES string of the molecule is O=C(CCN1CCc2ccccc2C1)NCc1ccccc1Cl. The minimum atomic E-state index is 0.0729. The maximum atomic E-state index is 12.0. The zero-order valence-corrected chi connectivity index (χ0v) is 13.9. The summed E-state index contributed by atoms with van der Waals surface area (Å²) in [6.45, 7) is 3.24. The molecule has 3 nitrogen and oxygen atoms in total. The first-order valence-corrected chi connectivity index (χ1v) is 8.39. The zero-order chi connectivity index (χ0) is 16.1. The third-order valence-corrected chi connectivity index (χ3v) is 4.67. The van der Waals surface area contributed by atoms with Gasteiger partial charge in [-0.05, 0) is 29.2 Å². The van der Waals surface area contributed by atoms with Crippen LogP contribution in [0.25, 0.3) is 0 Å². The van der Waals surface area contributed by atoms with Crippen molar-refractivity contribution in [3.63, 3.8) is 0 Å². The number of halogens is 1. The van der Waals surface area contributed by atoms with Crippen molar-refractivity contribution in [1.29, 1.82) is 0 Å². The van der Waals surface area contributed by atoms with Gasteiger partial charge in [0.25, 0.3) is 0 Å². The Balaban J connectivity index is 1.44. The number of hydrogen-bond acceptors (Lipinski definition) is 2. The number of carbonyl (C=O) groups excluding carboxylic acids is 1. The zero-order valence-electron chi connectivity index (χ0n) is 13.1. The third-order valence-electron chi connectivity index (χ3n) is 4.30. The van der Waals surface area contributed by atoms with Crippen molar-refractivity contribution in [2.75, 3.05) is 13.1 Å². The van der Waals surface area contributed by atoms with Gasteiger partial charge in [0, 0.05) is 37.6 Å². The lowest BCUT2D eigenvalue weighted by atomic mass is 10.00. The fourth-order valence-electron chi connectivity index (χ4n) is 2.93. The van der Waals surface area contributed by atoms with E-state index in [-0.39, 0.29) is 5.91 Å². The quantitative estimate of drug-likeness (QED) is 0.912. The highest BCUT2D eigenvalue weighted by Crippen LogP contribution is 2.18. The van der Waals surface area contributed by atoms with Crippen LogP contribution in [0.4, 0.5) is 0 Å². The second-order valence-electron chi connectivity index (χ2n) is 5.91. The fourth-order valence-corrected chi connectivity index (χ4v) is 3.13. The van der Waals surface area contributed by atoms with Crippen LogP contribution in [0.1, 0.15) is 23.1 Å². The Bertz CT molecular complexity index is 687. The summed E-state index contributed by atoms with van der Waals surface area (Å²) < 4.78 is 0. The molecular weight excluding hydrogens is 308 g/mol. The van der Waals surface area contributed by atoms with Gasteiger partial charge in [0.2, 0.25) is 5.91 Å². The molecule has 4 heteroatoms. The second-order valence-corrected chi connectivity index (χ2v) is 6.32. The molecule has 120 valence electrons. The summed E-state index contributed by atoms with van der Waals surface area (Å²) in [5.74, 6) is 0.0729. The van der Waals surface area contributed by atoms with Gasteiger partial charge in [-0.1, -0.05) is 54.1 Å². The number of hydrogen-bond donors (Lipinski definition) is 1. The summed E-state index contributed by atoms with van der Waals surface area (Å²) in [5, 5.41) is 3.64. The molecular formula is C19H21ClN2O. The molecule has 0 bridgehead atoms. The van der Waals surface area contributed by atoms with Crippen molar-refractivity contribution in [1.82, 2.24) is 10.2 Å². The van der Waals surface area contributed by atoms with E-state index in [9.17, 15) is 4.79 Å². The van der Waals surface area contributed by atoms with Crippen molar-refractivity contribution in [2.24, 2.45) is 0 Å². The van der Waals surface area contributed by atoms with E-state index in [0.717, 1.165) is 31.6 Å². The third kappa shape index (κ3) is 4.34. The minimum absolute atomic E-state index is 0.0729. The van der Waals surface area contributed by atoms with Crippen molar-refractivity contribution in [2.45, 2.75) is 25.9 Å². The predicted octanol–water partition coefficient (Wildman–Crippen LogP) is 3.40. The molecule has 0 aromatic heterocycles. The van der Waals surface area contributed by atoms with Crippen molar-refractivity contribution >= 4 is 17.5 Å². The van der Waals surface area contributed by atoms with E-state index in [0.29, 0.717) is 18.0 Å². The molecule has 23 heavy (non-hydrogen) atoms. The van der Waals surface area contributed by atoms with Crippen molar-refractivity contribution < 1.29 is 4.79 Å². The molecule has 0 radical (unpaired) electrons. The Labute approximate surface area is 142 Å². The minimum Gasteiger partial charge on any atom is -0.352 e. The normalized spacial score (nSPS) is 14.3. The molecule has 2 aromatic carbocycles. The number of carbonyl (C=O) groups is 1. The lowest BCUT2D eigenvalue weighted by molar-refractivity contribution is -0.121. The van der Waals surface area contributed by atoms with Crippen LogP contribution in [-0.2, 0) is 24.3 Å². The first-order chi connectivity index (χ1) is 11.2. The average molecular weight is 329 g/mol. The van der Waals surface area contributed by atoms with Crippen LogP contribution in [0, 0.1) is 0 Å². The first-order valence-electron chi connectivity index (χ1n) is 8.01. The number of amides is 1. The van der Waals surface area contributed by atoms with E-state index in [1.807, 2.05) is 24.3 Å². The van der Waals surface area contributed by atoms with Gasteiger partial charge in [0.15, 0.2) is 0 Å². The van der Waals surface area contributed by atoms with Gasteiger partial charge in [-0.15, -0.1) is 0 Å². The Hall–Kier alpha value is -1.84. The number of benzene rings is 2. The smallest absolute Gasteiger partial charge is 0.221 e. The fraction of sp³-hybridized carbons (Fsp3) is 0.316. The van der Waals surface area contributed by atoms with E-state index in [2.05, 4.69) is 34.5 Å². The number of nitrogens with zero attached hydrogens (tertiary/aromatic N) is 1. The standard InChI is InChI=1S/C19H21ClN2O/c20-18-8-4-3-6-16(18)13-21-19(23)10-12-22-11-9-15-5-1-2-7-17(15)14-22/h1-8H,9-14H2,(H,21,23). The van der Waals surface area contributed by atoms with E-state index in [1.54, 1.807) is 0 Å². The van der Waals surface area contributed by atoms with Crippen LogP contribution < -0.4 is 5.32 Å². The molecule has 1 aliphatic rings. The molecule has 1 amide bonds. The summed E-state index contributed by atoms with van der Waals surface area (Å²) in [6.07, 6.45) is 1.59. The van der Waals surface area contributed by atoms with E-state index in [1.165, 1.54) is 11.1 Å². The molecule has 0 spiro atoms. The van der Waals surface area contributed by atoms with Crippen molar-refractivity contribution in [3.8, 4) is 0 Å². The van der Waals surface area contributed by atoms with Gasteiger partial charge >= 0.3 is 0 Å². The Kier molecular flexibility index (Phi) is 5.31. The number of nitrogens with one attached hydrogen (secondary N) is 1. The van der Waals surface area contributed by atoms with Gasteiger partial charge in [-0.2, -0.15) is 0 Å². The number of fused-ring (bicyclic) bond motifs is 1. The Morgan fingerprint density at radius 1 is 1.09 bits per heavy atom. The highest BCUT2D eigenvalue weighted by atomic mass is 35.5. The van der Waals surface area contributed by atoms with E-state index >= 15 is 0 Å².